The number of benzene rings is 1. The third-order valence-electron chi connectivity index (χ3n) is 2.60. The molecule has 0 spiro atoms. The average Bonchev–Trinajstić information content (AvgIpc) is 2.68. The van der Waals surface area contributed by atoms with Crippen LogP contribution in [0.3, 0.4) is 0 Å². The molecule has 0 aliphatic heterocycles. The fraction of sp³-hybridized carbons (Fsp3) is 0.0833. The van der Waals surface area contributed by atoms with E-state index in [-0.39, 0.29) is 27.3 Å². The van der Waals surface area contributed by atoms with E-state index in [2.05, 4.69) is 0 Å². The Kier molecular flexibility index (Phi) is 3.04. The van der Waals surface area contributed by atoms with Gasteiger partial charge in [0.1, 0.15) is 10.6 Å². The van der Waals surface area contributed by atoms with E-state index in [4.69, 9.17) is 10.8 Å². The SMILES string of the molecule is Cc1ccc(-c2csc(N)c2C(=O)O)c(F)c1F. The van der Waals surface area contributed by atoms with Crippen LogP contribution in [0, 0.1) is 18.6 Å². The highest BCUT2D eigenvalue weighted by atomic mass is 32.1. The number of carboxylic acids is 1. The number of hydrogen-bond donors (Lipinski definition) is 2. The van der Waals surface area contributed by atoms with Gasteiger partial charge >= 0.3 is 5.97 Å². The summed E-state index contributed by atoms with van der Waals surface area (Å²) in [6.07, 6.45) is 0. The monoisotopic (exact) mass is 269 g/mol. The maximum absolute atomic E-state index is 13.8. The first-order valence-corrected chi connectivity index (χ1v) is 5.86. The van der Waals surface area contributed by atoms with Gasteiger partial charge in [0.2, 0.25) is 0 Å². The predicted octanol–water partition coefficient (Wildman–Crippen LogP) is 3.28. The molecule has 3 nitrogen and oxygen atoms in total. The Bertz CT molecular complexity index is 637. The third kappa shape index (κ3) is 1.84. The molecule has 1 heterocycles. The van der Waals surface area contributed by atoms with E-state index in [0.717, 1.165) is 11.3 Å². The fourth-order valence-corrected chi connectivity index (χ4v) is 2.45. The van der Waals surface area contributed by atoms with Crippen molar-refractivity contribution in [3.8, 4) is 11.1 Å². The molecule has 0 saturated heterocycles. The van der Waals surface area contributed by atoms with Crippen LogP contribution in [0.25, 0.3) is 11.1 Å². The third-order valence-corrected chi connectivity index (χ3v) is 3.41. The molecule has 2 aromatic rings. The molecule has 0 aliphatic carbocycles. The van der Waals surface area contributed by atoms with E-state index in [9.17, 15) is 13.6 Å². The number of hydrogen-bond acceptors (Lipinski definition) is 3. The summed E-state index contributed by atoms with van der Waals surface area (Å²) in [5.74, 6) is -3.30. The molecular formula is C12H9F2NO2S. The Balaban J connectivity index is 2.71. The zero-order valence-electron chi connectivity index (χ0n) is 9.33. The van der Waals surface area contributed by atoms with Crippen LogP contribution in [0.15, 0.2) is 17.5 Å². The summed E-state index contributed by atoms with van der Waals surface area (Å²) in [6.45, 7) is 1.43. The normalized spacial score (nSPS) is 10.6. The molecule has 0 aliphatic rings. The van der Waals surface area contributed by atoms with Gasteiger partial charge in [0, 0.05) is 16.5 Å². The van der Waals surface area contributed by atoms with Gasteiger partial charge in [-0.15, -0.1) is 11.3 Å². The van der Waals surface area contributed by atoms with Crippen molar-refractivity contribution in [2.75, 3.05) is 5.73 Å². The van der Waals surface area contributed by atoms with Crippen LogP contribution in [0.2, 0.25) is 0 Å². The lowest BCUT2D eigenvalue weighted by atomic mass is 10.0. The maximum Gasteiger partial charge on any atom is 0.339 e. The summed E-state index contributed by atoms with van der Waals surface area (Å²) in [4.78, 5) is 11.1. The summed E-state index contributed by atoms with van der Waals surface area (Å²) in [5.41, 5.74) is 5.49. The smallest absolute Gasteiger partial charge is 0.339 e. The molecule has 0 fully saturated rings. The summed E-state index contributed by atoms with van der Waals surface area (Å²) >= 11 is 0.981. The molecule has 1 aromatic carbocycles. The summed E-state index contributed by atoms with van der Waals surface area (Å²) < 4.78 is 27.3. The number of aromatic carboxylic acids is 1. The second kappa shape index (κ2) is 4.38. The van der Waals surface area contributed by atoms with Crippen LogP contribution in [-0.4, -0.2) is 11.1 Å². The lowest BCUT2D eigenvalue weighted by Gasteiger charge is -2.06. The number of carboxylic acid groups (broad SMARTS) is 1. The van der Waals surface area contributed by atoms with Crippen LogP contribution >= 0.6 is 11.3 Å². The average molecular weight is 269 g/mol. The van der Waals surface area contributed by atoms with E-state index in [1.807, 2.05) is 0 Å². The van der Waals surface area contributed by atoms with Crippen LogP contribution in [0.4, 0.5) is 13.8 Å². The van der Waals surface area contributed by atoms with Crippen molar-refractivity contribution in [3.05, 3.63) is 40.3 Å². The topological polar surface area (TPSA) is 63.3 Å². The van der Waals surface area contributed by atoms with Crippen LogP contribution in [-0.2, 0) is 0 Å². The van der Waals surface area contributed by atoms with Crippen molar-refractivity contribution in [1.29, 1.82) is 0 Å². The Morgan fingerprint density at radius 3 is 2.56 bits per heavy atom. The van der Waals surface area contributed by atoms with Crippen LogP contribution in [0.1, 0.15) is 15.9 Å². The molecule has 3 N–H and O–H groups in total. The van der Waals surface area contributed by atoms with Gasteiger partial charge in [-0.25, -0.2) is 13.6 Å². The van der Waals surface area contributed by atoms with E-state index >= 15 is 0 Å². The van der Waals surface area contributed by atoms with Crippen molar-refractivity contribution < 1.29 is 18.7 Å². The van der Waals surface area contributed by atoms with Gasteiger partial charge in [-0.1, -0.05) is 12.1 Å². The minimum atomic E-state index is -1.26. The molecule has 0 atom stereocenters. The molecule has 0 saturated carbocycles. The standard InChI is InChI=1S/C12H9F2NO2S/c1-5-2-3-6(10(14)9(5)13)7-4-18-11(15)8(7)12(16)17/h2-4H,15H2,1H3,(H,16,17). The van der Waals surface area contributed by atoms with Crippen molar-refractivity contribution in [1.82, 2.24) is 0 Å². The molecule has 0 bridgehead atoms. The second-order valence-electron chi connectivity index (χ2n) is 3.75. The zero-order valence-corrected chi connectivity index (χ0v) is 10.1. The zero-order chi connectivity index (χ0) is 13.4. The fourth-order valence-electron chi connectivity index (χ4n) is 1.65. The molecule has 0 amide bonds. The highest BCUT2D eigenvalue weighted by Crippen LogP contribution is 2.35. The number of anilines is 1. The molecule has 2 rings (SSSR count). The minimum Gasteiger partial charge on any atom is -0.478 e. The summed E-state index contributed by atoms with van der Waals surface area (Å²) in [6, 6.07) is 2.74. The van der Waals surface area contributed by atoms with E-state index in [1.165, 1.54) is 24.4 Å². The highest BCUT2D eigenvalue weighted by Gasteiger charge is 2.21. The molecule has 94 valence electrons. The first kappa shape index (κ1) is 12.5. The Hall–Kier alpha value is -1.95. The lowest BCUT2D eigenvalue weighted by Crippen LogP contribution is -2.02. The van der Waals surface area contributed by atoms with Gasteiger partial charge in [-0.3, -0.25) is 0 Å². The van der Waals surface area contributed by atoms with Crippen LogP contribution in [0.5, 0.6) is 0 Å². The van der Waals surface area contributed by atoms with E-state index in [1.54, 1.807) is 0 Å². The minimum absolute atomic E-state index is 0.0675. The number of aryl methyl sites for hydroxylation is 1. The number of rotatable bonds is 2. The molecule has 1 aromatic heterocycles. The molecule has 0 unspecified atom stereocenters. The Morgan fingerprint density at radius 1 is 1.28 bits per heavy atom. The highest BCUT2D eigenvalue weighted by molar-refractivity contribution is 7.14. The van der Waals surface area contributed by atoms with Gasteiger partial charge in [-0.05, 0) is 12.5 Å². The van der Waals surface area contributed by atoms with E-state index < -0.39 is 17.6 Å². The Labute approximate surface area is 105 Å². The van der Waals surface area contributed by atoms with Crippen molar-refractivity contribution in [2.45, 2.75) is 6.92 Å². The van der Waals surface area contributed by atoms with Crippen molar-refractivity contribution in [2.24, 2.45) is 0 Å². The number of carbonyl (C=O) groups is 1. The number of thiophene rings is 1. The molecular weight excluding hydrogens is 260 g/mol. The van der Waals surface area contributed by atoms with Gasteiger partial charge in [0.25, 0.3) is 0 Å². The summed E-state index contributed by atoms with van der Waals surface area (Å²) in [7, 11) is 0. The first-order valence-electron chi connectivity index (χ1n) is 4.98. The maximum atomic E-state index is 13.8. The number of nitrogen functional groups attached to an aromatic ring is 1. The molecule has 6 heteroatoms. The number of nitrogens with two attached hydrogens (primary N) is 1. The quantitative estimate of drug-likeness (QED) is 0.879. The van der Waals surface area contributed by atoms with Gasteiger partial charge in [0.15, 0.2) is 11.6 Å². The molecule has 18 heavy (non-hydrogen) atoms. The van der Waals surface area contributed by atoms with Gasteiger partial charge in [0.05, 0.1) is 0 Å². The van der Waals surface area contributed by atoms with Crippen LogP contribution < -0.4 is 5.73 Å². The largest absolute Gasteiger partial charge is 0.478 e. The van der Waals surface area contributed by atoms with Gasteiger partial charge in [-0.2, -0.15) is 0 Å². The molecule has 0 radical (unpaired) electrons. The predicted molar refractivity (Wildman–Crippen MR) is 65.8 cm³/mol. The second-order valence-corrected chi connectivity index (χ2v) is 4.66. The lowest BCUT2D eigenvalue weighted by molar-refractivity contribution is 0.0699. The first-order chi connectivity index (χ1) is 8.43. The van der Waals surface area contributed by atoms with E-state index in [0.29, 0.717) is 0 Å². The van der Waals surface area contributed by atoms with Crippen molar-refractivity contribution in [3.63, 3.8) is 0 Å². The Morgan fingerprint density at radius 2 is 1.94 bits per heavy atom. The number of halogens is 2. The van der Waals surface area contributed by atoms with Crippen molar-refractivity contribution >= 4 is 22.3 Å². The summed E-state index contributed by atoms with van der Waals surface area (Å²) in [5, 5.41) is 10.5. The van der Waals surface area contributed by atoms with Gasteiger partial charge < -0.3 is 10.8 Å².